The maximum atomic E-state index is 13.0. The van der Waals surface area contributed by atoms with Crippen molar-refractivity contribution in [3.8, 4) is 0 Å². The van der Waals surface area contributed by atoms with Gasteiger partial charge < -0.3 is 0 Å². The number of likely N-dealkylation sites (tertiary alicyclic amines) is 1. The highest BCUT2D eigenvalue weighted by Crippen LogP contribution is 2.36. The van der Waals surface area contributed by atoms with E-state index in [2.05, 4.69) is 42.2 Å². The molecule has 2 saturated heterocycles. The highest BCUT2D eigenvalue weighted by molar-refractivity contribution is 7.89. The maximum Gasteiger partial charge on any atom is 0.243 e. The summed E-state index contributed by atoms with van der Waals surface area (Å²) in [5.41, 5.74) is 2.20. The average Bonchev–Trinajstić information content (AvgIpc) is 2.66. The molecule has 5 heteroatoms. The largest absolute Gasteiger partial charge is 0.299 e. The molecule has 2 aromatic rings. The second-order valence-electron chi connectivity index (χ2n) is 8.01. The first-order chi connectivity index (χ1) is 13.0. The van der Waals surface area contributed by atoms with Crippen molar-refractivity contribution in [1.29, 1.82) is 0 Å². The minimum atomic E-state index is -3.38. The molecule has 2 fully saturated rings. The van der Waals surface area contributed by atoms with Gasteiger partial charge in [-0.1, -0.05) is 55.5 Å². The summed E-state index contributed by atoms with van der Waals surface area (Å²) in [6.07, 6.45) is 0.928. The number of rotatable bonds is 5. The molecule has 4 rings (SSSR count). The third-order valence-corrected chi connectivity index (χ3v) is 8.21. The molecule has 144 valence electrons. The Bertz CT molecular complexity index is 898. The van der Waals surface area contributed by atoms with Crippen LogP contribution < -0.4 is 0 Å². The highest BCUT2D eigenvalue weighted by atomic mass is 32.2. The summed E-state index contributed by atoms with van der Waals surface area (Å²) in [4.78, 5) is 3.00. The van der Waals surface area contributed by atoms with Gasteiger partial charge in [0.25, 0.3) is 0 Å². The van der Waals surface area contributed by atoms with E-state index in [-0.39, 0.29) is 0 Å². The summed E-state index contributed by atoms with van der Waals surface area (Å²) in [6.45, 7) is 7.47. The van der Waals surface area contributed by atoms with Gasteiger partial charge in [-0.3, -0.25) is 4.90 Å². The quantitative estimate of drug-likeness (QED) is 0.792. The molecule has 0 saturated carbocycles. The molecule has 3 atom stereocenters. The van der Waals surface area contributed by atoms with Gasteiger partial charge in [-0.05, 0) is 36.5 Å². The fourth-order valence-corrected chi connectivity index (χ4v) is 6.33. The van der Waals surface area contributed by atoms with Crippen LogP contribution in [0.2, 0.25) is 0 Å². The number of fused-ring (bicyclic) bond motifs is 1. The first kappa shape index (κ1) is 18.7. The van der Waals surface area contributed by atoms with E-state index in [9.17, 15) is 8.42 Å². The third kappa shape index (κ3) is 3.56. The Kier molecular flexibility index (Phi) is 5.10. The molecule has 2 heterocycles. The molecular weight excluding hydrogens is 356 g/mol. The van der Waals surface area contributed by atoms with E-state index in [1.54, 1.807) is 10.4 Å². The van der Waals surface area contributed by atoms with E-state index in [1.165, 1.54) is 5.56 Å². The number of sulfonamides is 1. The monoisotopic (exact) mass is 384 g/mol. The van der Waals surface area contributed by atoms with Crippen LogP contribution >= 0.6 is 0 Å². The lowest BCUT2D eigenvalue weighted by atomic mass is 9.82. The second-order valence-corrected chi connectivity index (χ2v) is 9.92. The molecule has 0 aliphatic carbocycles. The number of hydrogen-bond donors (Lipinski definition) is 0. The molecule has 0 radical (unpaired) electrons. The molecule has 0 amide bonds. The SMILES string of the molecule is Cc1ccccc1S(=O)(=O)N1CCC2C(CN2CC(C)c2ccccc2)C1. The molecule has 2 aliphatic heterocycles. The predicted molar refractivity (Wildman–Crippen MR) is 108 cm³/mol. The van der Waals surface area contributed by atoms with Gasteiger partial charge in [-0.2, -0.15) is 4.31 Å². The van der Waals surface area contributed by atoms with Gasteiger partial charge >= 0.3 is 0 Å². The molecule has 0 aromatic heterocycles. The minimum Gasteiger partial charge on any atom is -0.299 e. The summed E-state index contributed by atoms with van der Waals surface area (Å²) >= 11 is 0. The normalized spacial score (nSPS) is 24.8. The van der Waals surface area contributed by atoms with Crippen molar-refractivity contribution < 1.29 is 8.42 Å². The topological polar surface area (TPSA) is 40.6 Å². The number of nitrogens with zero attached hydrogens (tertiary/aromatic N) is 2. The minimum absolute atomic E-state index is 0.456. The van der Waals surface area contributed by atoms with Gasteiger partial charge in [0.1, 0.15) is 0 Å². The van der Waals surface area contributed by atoms with Crippen molar-refractivity contribution in [3.63, 3.8) is 0 Å². The molecule has 3 unspecified atom stereocenters. The first-order valence-corrected chi connectivity index (χ1v) is 11.3. The van der Waals surface area contributed by atoms with Crippen molar-refractivity contribution in [2.75, 3.05) is 26.2 Å². The van der Waals surface area contributed by atoms with Gasteiger partial charge in [0.15, 0.2) is 0 Å². The van der Waals surface area contributed by atoms with E-state index in [0.29, 0.717) is 35.9 Å². The van der Waals surface area contributed by atoms with Crippen LogP contribution in [0.1, 0.15) is 30.4 Å². The molecule has 0 spiro atoms. The van der Waals surface area contributed by atoms with E-state index in [1.807, 2.05) is 25.1 Å². The molecule has 2 aromatic carbocycles. The predicted octanol–water partition coefficient (Wildman–Crippen LogP) is 3.49. The summed E-state index contributed by atoms with van der Waals surface area (Å²) in [5.74, 6) is 0.960. The highest BCUT2D eigenvalue weighted by Gasteiger charge is 2.45. The lowest BCUT2D eigenvalue weighted by Crippen LogP contribution is -2.64. The van der Waals surface area contributed by atoms with Crippen LogP contribution in [0.15, 0.2) is 59.5 Å². The van der Waals surface area contributed by atoms with Gasteiger partial charge in [0.05, 0.1) is 4.90 Å². The smallest absolute Gasteiger partial charge is 0.243 e. The molecule has 27 heavy (non-hydrogen) atoms. The fourth-order valence-electron chi connectivity index (χ4n) is 4.60. The number of aryl methyl sites for hydroxylation is 1. The summed E-state index contributed by atoms with van der Waals surface area (Å²) < 4.78 is 27.8. The van der Waals surface area contributed by atoms with Gasteiger partial charge in [-0.15, -0.1) is 0 Å². The summed E-state index contributed by atoms with van der Waals surface area (Å²) in [7, 11) is -3.38. The first-order valence-electron chi connectivity index (χ1n) is 9.81. The zero-order valence-electron chi connectivity index (χ0n) is 16.1. The van der Waals surface area contributed by atoms with Crippen LogP contribution in [-0.2, 0) is 10.0 Å². The summed E-state index contributed by atoms with van der Waals surface area (Å²) in [6, 6.07) is 18.5. The molecule has 4 nitrogen and oxygen atoms in total. The van der Waals surface area contributed by atoms with Crippen LogP contribution in [0.5, 0.6) is 0 Å². The standard InChI is InChI=1S/C22H28N2O2S/c1-17-8-6-7-11-22(17)27(25,26)24-13-12-21-20(16-24)15-23(21)14-18(2)19-9-4-3-5-10-19/h3-11,18,20-21H,12-16H2,1-2H3. The van der Waals surface area contributed by atoms with Gasteiger partial charge in [-0.25, -0.2) is 8.42 Å². The van der Waals surface area contributed by atoms with Crippen LogP contribution in [0.3, 0.4) is 0 Å². The molecule has 2 aliphatic rings. The van der Waals surface area contributed by atoms with Crippen molar-refractivity contribution in [3.05, 3.63) is 65.7 Å². The third-order valence-electron chi connectivity index (χ3n) is 6.18. The van der Waals surface area contributed by atoms with Crippen molar-refractivity contribution in [2.24, 2.45) is 5.92 Å². The van der Waals surface area contributed by atoms with Crippen LogP contribution in [0.4, 0.5) is 0 Å². The summed E-state index contributed by atoms with van der Waals surface area (Å²) in [5, 5.41) is 0. The van der Waals surface area contributed by atoms with E-state index in [0.717, 1.165) is 25.1 Å². The van der Waals surface area contributed by atoms with E-state index < -0.39 is 10.0 Å². The van der Waals surface area contributed by atoms with E-state index >= 15 is 0 Å². The van der Waals surface area contributed by atoms with Crippen LogP contribution in [0, 0.1) is 12.8 Å². The maximum absolute atomic E-state index is 13.0. The molecular formula is C22H28N2O2S. The zero-order valence-corrected chi connectivity index (χ0v) is 16.9. The number of hydrogen-bond acceptors (Lipinski definition) is 3. The Labute approximate surface area is 162 Å². The van der Waals surface area contributed by atoms with Gasteiger partial charge in [0.2, 0.25) is 10.0 Å². The van der Waals surface area contributed by atoms with Crippen molar-refractivity contribution in [1.82, 2.24) is 9.21 Å². The van der Waals surface area contributed by atoms with Crippen LogP contribution in [-0.4, -0.2) is 49.8 Å². The Balaban J connectivity index is 1.39. The molecule has 0 bridgehead atoms. The Morgan fingerprint density at radius 2 is 1.74 bits per heavy atom. The van der Waals surface area contributed by atoms with Crippen LogP contribution in [0.25, 0.3) is 0 Å². The Morgan fingerprint density at radius 1 is 1.04 bits per heavy atom. The number of benzene rings is 2. The lowest BCUT2D eigenvalue weighted by molar-refractivity contribution is -0.0272. The zero-order chi connectivity index (χ0) is 19.0. The fraction of sp³-hybridized carbons (Fsp3) is 0.455. The number of piperidine rings is 1. The average molecular weight is 385 g/mol. The Hall–Kier alpha value is -1.69. The van der Waals surface area contributed by atoms with Crippen molar-refractivity contribution in [2.45, 2.75) is 37.1 Å². The van der Waals surface area contributed by atoms with Gasteiger partial charge in [0, 0.05) is 38.1 Å². The van der Waals surface area contributed by atoms with Crippen molar-refractivity contribution >= 4 is 10.0 Å². The lowest BCUT2D eigenvalue weighted by Gasteiger charge is -2.53. The second kappa shape index (κ2) is 7.38. The molecule has 0 N–H and O–H groups in total. The Morgan fingerprint density at radius 3 is 2.44 bits per heavy atom. The van der Waals surface area contributed by atoms with E-state index in [4.69, 9.17) is 0 Å².